The molecule has 1 aromatic heterocycles. The minimum absolute atomic E-state index is 0.103. The van der Waals surface area contributed by atoms with Gasteiger partial charge in [-0.1, -0.05) is 25.1 Å². The van der Waals surface area contributed by atoms with Crippen LogP contribution in [-0.4, -0.2) is 36.0 Å². The molecule has 24 heavy (non-hydrogen) atoms. The van der Waals surface area contributed by atoms with E-state index in [1.165, 1.54) is 5.56 Å². The molecule has 0 bridgehead atoms. The molecule has 0 saturated carbocycles. The molecule has 1 aliphatic rings. The Labute approximate surface area is 143 Å². The first-order valence-electron chi connectivity index (χ1n) is 8.60. The highest BCUT2D eigenvalue weighted by atomic mass is 16.5. The van der Waals surface area contributed by atoms with Crippen molar-refractivity contribution in [3.63, 3.8) is 0 Å². The van der Waals surface area contributed by atoms with Gasteiger partial charge in [-0.05, 0) is 43.0 Å². The summed E-state index contributed by atoms with van der Waals surface area (Å²) in [4.78, 5) is 19.1. The molecule has 2 aromatic rings. The third kappa shape index (κ3) is 3.42. The first-order chi connectivity index (χ1) is 11.7. The van der Waals surface area contributed by atoms with Crippen LogP contribution in [0.5, 0.6) is 5.75 Å². The van der Waals surface area contributed by atoms with E-state index >= 15 is 0 Å². The molecule has 0 N–H and O–H groups in total. The van der Waals surface area contributed by atoms with E-state index in [2.05, 4.69) is 18.0 Å². The second-order valence-corrected chi connectivity index (χ2v) is 6.22. The summed E-state index contributed by atoms with van der Waals surface area (Å²) in [5, 5.41) is 0. The van der Waals surface area contributed by atoms with Gasteiger partial charge in [0.2, 0.25) is 0 Å². The molecule has 4 heteroatoms. The minimum atomic E-state index is 0.103. The summed E-state index contributed by atoms with van der Waals surface area (Å²) in [7, 11) is 1.70. The highest BCUT2D eigenvalue weighted by molar-refractivity contribution is 5.94. The van der Waals surface area contributed by atoms with E-state index < -0.39 is 0 Å². The number of aromatic nitrogens is 1. The van der Waals surface area contributed by atoms with Crippen molar-refractivity contribution >= 4 is 5.91 Å². The Balaban J connectivity index is 1.79. The molecule has 1 aliphatic heterocycles. The zero-order chi connectivity index (χ0) is 16.9. The van der Waals surface area contributed by atoms with Crippen LogP contribution in [0.4, 0.5) is 0 Å². The van der Waals surface area contributed by atoms with Gasteiger partial charge in [0, 0.05) is 36.5 Å². The molecule has 3 rings (SSSR count). The first kappa shape index (κ1) is 16.5. The third-order valence-corrected chi connectivity index (χ3v) is 4.71. The number of ether oxygens (including phenoxy) is 1. The number of likely N-dealkylation sites (tertiary alicyclic amines) is 1. The Kier molecular flexibility index (Phi) is 5.14. The monoisotopic (exact) mass is 324 g/mol. The summed E-state index contributed by atoms with van der Waals surface area (Å²) >= 11 is 0. The van der Waals surface area contributed by atoms with Crippen molar-refractivity contribution in [2.45, 2.75) is 32.1 Å². The average molecular weight is 324 g/mol. The van der Waals surface area contributed by atoms with Crippen molar-refractivity contribution in [3.8, 4) is 5.75 Å². The van der Waals surface area contributed by atoms with Crippen LogP contribution in [0.1, 0.15) is 47.3 Å². The molecule has 1 amide bonds. The van der Waals surface area contributed by atoms with Crippen LogP contribution in [0.25, 0.3) is 0 Å². The van der Waals surface area contributed by atoms with Crippen LogP contribution in [0.15, 0.2) is 42.6 Å². The summed E-state index contributed by atoms with van der Waals surface area (Å²) < 4.78 is 5.50. The summed E-state index contributed by atoms with van der Waals surface area (Å²) in [5.41, 5.74) is 2.89. The Morgan fingerprint density at radius 1 is 1.33 bits per heavy atom. The fourth-order valence-electron chi connectivity index (χ4n) is 3.41. The lowest BCUT2D eigenvalue weighted by Gasteiger charge is -2.33. The van der Waals surface area contributed by atoms with Crippen LogP contribution in [0.3, 0.4) is 0 Å². The lowest BCUT2D eigenvalue weighted by Crippen LogP contribution is -2.39. The maximum absolute atomic E-state index is 12.9. The van der Waals surface area contributed by atoms with Gasteiger partial charge in [-0.25, -0.2) is 0 Å². The molecular formula is C20H24N2O2. The predicted octanol–water partition coefficient (Wildman–Crippen LogP) is 3.67. The molecule has 0 spiro atoms. The fourth-order valence-corrected chi connectivity index (χ4v) is 3.41. The van der Waals surface area contributed by atoms with Crippen LogP contribution < -0.4 is 4.74 Å². The zero-order valence-electron chi connectivity index (χ0n) is 14.4. The van der Waals surface area contributed by atoms with Gasteiger partial charge in [0.25, 0.3) is 5.91 Å². The zero-order valence-corrected chi connectivity index (χ0v) is 14.4. The van der Waals surface area contributed by atoms with Crippen LogP contribution >= 0.6 is 0 Å². The van der Waals surface area contributed by atoms with Crippen molar-refractivity contribution in [1.29, 1.82) is 0 Å². The van der Waals surface area contributed by atoms with Gasteiger partial charge in [0.15, 0.2) is 0 Å². The number of methoxy groups -OCH3 is 1. The molecule has 2 heterocycles. The van der Waals surface area contributed by atoms with Crippen molar-refractivity contribution < 1.29 is 9.53 Å². The van der Waals surface area contributed by atoms with E-state index in [1.807, 2.05) is 35.2 Å². The molecule has 1 saturated heterocycles. The van der Waals surface area contributed by atoms with Gasteiger partial charge in [-0.15, -0.1) is 0 Å². The van der Waals surface area contributed by atoms with Gasteiger partial charge in [0.05, 0.1) is 7.11 Å². The number of hydrogen-bond acceptors (Lipinski definition) is 3. The SMILES string of the molecule is CCc1cc(C(=O)N2CCC[C@@H](c3ccccc3OC)C2)ccn1. The lowest BCUT2D eigenvalue weighted by atomic mass is 9.89. The Morgan fingerprint density at radius 2 is 2.17 bits per heavy atom. The second-order valence-electron chi connectivity index (χ2n) is 6.22. The first-order valence-corrected chi connectivity index (χ1v) is 8.60. The number of pyridine rings is 1. The molecule has 4 nitrogen and oxygen atoms in total. The summed E-state index contributed by atoms with van der Waals surface area (Å²) in [5.74, 6) is 1.34. The van der Waals surface area contributed by atoms with E-state index in [0.29, 0.717) is 5.92 Å². The maximum Gasteiger partial charge on any atom is 0.253 e. The van der Waals surface area contributed by atoms with E-state index in [9.17, 15) is 4.79 Å². The summed E-state index contributed by atoms with van der Waals surface area (Å²) in [6.07, 6.45) is 4.67. The van der Waals surface area contributed by atoms with Gasteiger partial charge in [-0.3, -0.25) is 9.78 Å². The van der Waals surface area contributed by atoms with Crippen molar-refractivity contribution in [2.75, 3.05) is 20.2 Å². The van der Waals surface area contributed by atoms with E-state index in [1.54, 1.807) is 13.3 Å². The average Bonchev–Trinajstić information content (AvgIpc) is 2.67. The Bertz CT molecular complexity index is 714. The van der Waals surface area contributed by atoms with E-state index in [-0.39, 0.29) is 5.91 Å². The normalized spacial score (nSPS) is 17.6. The highest BCUT2D eigenvalue weighted by Crippen LogP contribution is 2.33. The number of hydrogen-bond donors (Lipinski definition) is 0. The number of benzene rings is 1. The van der Waals surface area contributed by atoms with Crippen molar-refractivity contribution in [1.82, 2.24) is 9.88 Å². The van der Waals surface area contributed by atoms with Gasteiger partial charge in [0.1, 0.15) is 5.75 Å². The van der Waals surface area contributed by atoms with Crippen molar-refractivity contribution in [2.24, 2.45) is 0 Å². The second kappa shape index (κ2) is 7.47. The Hall–Kier alpha value is -2.36. The smallest absolute Gasteiger partial charge is 0.253 e. The molecule has 1 atom stereocenters. The van der Waals surface area contributed by atoms with E-state index in [0.717, 1.165) is 49.4 Å². The number of carbonyl (C=O) groups is 1. The molecule has 0 unspecified atom stereocenters. The number of carbonyl (C=O) groups excluding carboxylic acids is 1. The van der Waals surface area contributed by atoms with Crippen LogP contribution in [0, 0.1) is 0 Å². The Morgan fingerprint density at radius 3 is 2.96 bits per heavy atom. The van der Waals surface area contributed by atoms with Crippen LogP contribution in [-0.2, 0) is 6.42 Å². The molecule has 0 radical (unpaired) electrons. The largest absolute Gasteiger partial charge is 0.496 e. The molecule has 1 aromatic carbocycles. The quantitative estimate of drug-likeness (QED) is 0.862. The number of para-hydroxylation sites is 1. The minimum Gasteiger partial charge on any atom is -0.496 e. The summed E-state index contributed by atoms with van der Waals surface area (Å²) in [6.45, 7) is 3.60. The fraction of sp³-hybridized carbons (Fsp3) is 0.400. The topological polar surface area (TPSA) is 42.4 Å². The molecule has 1 fully saturated rings. The number of aryl methyl sites for hydroxylation is 1. The lowest BCUT2D eigenvalue weighted by molar-refractivity contribution is 0.0706. The molecular weight excluding hydrogens is 300 g/mol. The number of nitrogens with zero attached hydrogens (tertiary/aromatic N) is 2. The van der Waals surface area contributed by atoms with Gasteiger partial charge in [-0.2, -0.15) is 0 Å². The number of amides is 1. The number of rotatable bonds is 4. The van der Waals surface area contributed by atoms with Gasteiger partial charge < -0.3 is 9.64 Å². The number of piperidine rings is 1. The molecule has 126 valence electrons. The highest BCUT2D eigenvalue weighted by Gasteiger charge is 2.27. The maximum atomic E-state index is 12.9. The standard InChI is InChI=1S/C20H24N2O2/c1-3-17-13-15(10-11-21-17)20(23)22-12-6-7-16(14-22)18-8-4-5-9-19(18)24-2/h4-5,8-11,13,16H,3,6-7,12,14H2,1-2H3/t16-/m1/s1. The van der Waals surface area contributed by atoms with Crippen LogP contribution in [0.2, 0.25) is 0 Å². The van der Waals surface area contributed by atoms with Crippen molar-refractivity contribution in [3.05, 3.63) is 59.4 Å². The van der Waals surface area contributed by atoms with E-state index in [4.69, 9.17) is 4.74 Å². The predicted molar refractivity (Wildman–Crippen MR) is 94.5 cm³/mol. The van der Waals surface area contributed by atoms with Gasteiger partial charge >= 0.3 is 0 Å². The summed E-state index contributed by atoms with van der Waals surface area (Å²) in [6, 6.07) is 11.8. The molecule has 0 aliphatic carbocycles. The third-order valence-electron chi connectivity index (χ3n) is 4.71.